The third-order valence-electron chi connectivity index (χ3n) is 20.3. The molecule has 12 nitrogen and oxygen atoms in total. The summed E-state index contributed by atoms with van der Waals surface area (Å²) in [6, 6.07) is 10.7. The van der Waals surface area contributed by atoms with Crippen molar-refractivity contribution in [2.45, 2.75) is 204 Å². The molecule has 7 aliphatic rings. The first-order chi connectivity index (χ1) is 36.4. The first-order valence-corrected chi connectivity index (χ1v) is 32.5. The summed E-state index contributed by atoms with van der Waals surface area (Å²) in [4.78, 5) is 8.86. The van der Waals surface area contributed by atoms with Gasteiger partial charge in [-0.3, -0.25) is 0 Å². The number of rotatable bonds is 17. The number of aromatic amines is 1. The molecule has 1 aromatic carbocycles. The molecule has 0 radical (unpaired) electrons. The normalized spacial score (nSPS) is 32.2. The quantitative estimate of drug-likeness (QED) is 0.0352. The summed E-state index contributed by atoms with van der Waals surface area (Å²) >= 11 is 0. The smallest absolute Gasteiger partial charge is 0.189 e. The summed E-state index contributed by atoms with van der Waals surface area (Å²) in [6.07, 6.45) is 25.5. The highest BCUT2D eigenvalue weighted by Crippen LogP contribution is 2.60. The molecule has 5 saturated carbocycles. The molecule has 6 fully saturated rings. The molecular formula is C61H94N6O6S2. The molecule has 13 unspecified atom stereocenters. The molecule has 1 aliphatic heterocycles. The molecule has 6 aliphatic carbocycles. The van der Waals surface area contributed by atoms with E-state index in [0.29, 0.717) is 89.9 Å². The third-order valence-corrected chi connectivity index (χ3v) is 22.8. The van der Waals surface area contributed by atoms with Gasteiger partial charge in [0.15, 0.2) is 17.5 Å². The number of H-pyrrole nitrogens is 1. The number of nitrogens with one attached hydrogen (secondary N) is 3. The summed E-state index contributed by atoms with van der Waals surface area (Å²) in [7, 11) is 4.00. The van der Waals surface area contributed by atoms with Crippen LogP contribution in [-0.4, -0.2) is 86.8 Å². The van der Waals surface area contributed by atoms with Gasteiger partial charge in [-0.25, -0.2) is 4.99 Å². The van der Waals surface area contributed by atoms with Crippen LogP contribution in [0.5, 0.6) is 11.5 Å². The molecule has 1 saturated heterocycles. The SMILES string of the molecule is CC(O)CNCC1c2cc(C(O)COc3cc(CCc4cc(CO)c(CCC5CCC6C7CSSCC(N=C(N)NC8CCCCC8)C(C)CCC6C(C5)CC7N)o4)ccc3O)[nH]c2CC2(CCCC2)C2CCCC12. The highest BCUT2D eigenvalue weighted by Gasteiger charge is 2.52. The van der Waals surface area contributed by atoms with E-state index in [1.165, 1.54) is 120 Å². The Morgan fingerprint density at radius 3 is 2.52 bits per heavy atom. The third kappa shape index (κ3) is 13.3. The number of aromatic nitrogens is 1. The maximum atomic E-state index is 11.7. The standard InChI is InChI=1S/C61H94N6O6S2/c1-37-13-19-45-41-25-39(15-20-46(45)50(52(62)28-41)35-74-75-36-55(37)67-60(63)65-43-9-4-3-5-10-43)17-22-58-42(33-68)27-44(73-58)18-14-40-16-21-56(70)59(26-40)72-34-57(71)53-29-48-49(32-64-31-38(2)69)47-11-8-12-51(47)61(23-6-7-24-61)30-54(48)66-53/h16,21,26-27,29,37-39,41,43,45-47,49-52,55,57,64,66,68-71H,3-15,17-20,22-25,28,30-36,62H2,1-2H3,(H3,63,65,67). The van der Waals surface area contributed by atoms with Gasteiger partial charge in [0.1, 0.15) is 24.2 Å². The highest BCUT2D eigenvalue weighted by atomic mass is 33.1. The van der Waals surface area contributed by atoms with Gasteiger partial charge in [0, 0.05) is 72.4 Å². The van der Waals surface area contributed by atoms with Crippen molar-refractivity contribution < 1.29 is 29.6 Å². The monoisotopic (exact) mass is 1070 g/mol. The number of aliphatic hydroxyl groups is 3. The zero-order valence-corrected chi connectivity index (χ0v) is 47.1. The zero-order chi connectivity index (χ0) is 52.1. The Labute approximate surface area is 456 Å². The number of nitrogens with two attached hydrogens (primary N) is 2. The lowest BCUT2D eigenvalue weighted by molar-refractivity contribution is 0.0716. The second-order valence-corrected chi connectivity index (χ2v) is 27.8. The van der Waals surface area contributed by atoms with Crippen LogP contribution in [0.15, 0.2) is 39.7 Å². The number of fused-ring (bicyclic) bond motifs is 3. The largest absolute Gasteiger partial charge is 0.504 e. The lowest BCUT2D eigenvalue weighted by Gasteiger charge is -2.46. The number of phenols is 1. The fourth-order valence-corrected chi connectivity index (χ4v) is 19.2. The van der Waals surface area contributed by atoms with Crippen molar-refractivity contribution in [1.29, 1.82) is 0 Å². The number of aromatic hydroxyl groups is 1. The highest BCUT2D eigenvalue weighted by molar-refractivity contribution is 8.76. The summed E-state index contributed by atoms with van der Waals surface area (Å²) in [6.45, 7) is 5.61. The second kappa shape index (κ2) is 25.5. The lowest BCUT2D eigenvalue weighted by atomic mass is 9.62. The summed E-state index contributed by atoms with van der Waals surface area (Å²) in [5, 5.41) is 50.4. The topological polar surface area (TPSA) is 208 Å². The van der Waals surface area contributed by atoms with Gasteiger partial charge in [-0.15, -0.1) is 0 Å². The van der Waals surface area contributed by atoms with Gasteiger partial charge in [-0.2, -0.15) is 0 Å². The molecule has 3 aromatic rings. The van der Waals surface area contributed by atoms with E-state index >= 15 is 0 Å². The van der Waals surface area contributed by atoms with Crippen molar-refractivity contribution in [2.75, 3.05) is 31.2 Å². The van der Waals surface area contributed by atoms with E-state index in [1.54, 1.807) is 6.07 Å². The summed E-state index contributed by atoms with van der Waals surface area (Å²) in [5.74, 6) is 10.2. The van der Waals surface area contributed by atoms with E-state index in [-0.39, 0.29) is 31.0 Å². The number of hydrogen-bond acceptors (Lipinski definition) is 11. The first kappa shape index (κ1) is 55.5. The van der Waals surface area contributed by atoms with E-state index in [9.17, 15) is 20.4 Å². The number of aliphatic imine (C=N–C) groups is 1. The fraction of sp³-hybridized carbons (Fsp3) is 0.754. The minimum absolute atomic E-state index is 0.0120. The maximum Gasteiger partial charge on any atom is 0.189 e. The van der Waals surface area contributed by atoms with E-state index in [0.717, 1.165) is 78.0 Å². The Morgan fingerprint density at radius 1 is 0.893 bits per heavy atom. The number of benzene rings is 1. The Bertz CT molecular complexity index is 2330. The predicted octanol–water partition coefficient (Wildman–Crippen LogP) is 10.6. The molecule has 14 heteroatoms. The number of ether oxygens (including phenoxy) is 1. The number of nitrogens with zero attached hydrogens (tertiary/aromatic N) is 1. The minimum atomic E-state index is -0.888. The van der Waals surface area contributed by atoms with Gasteiger partial charge in [-0.05, 0) is 185 Å². The van der Waals surface area contributed by atoms with Crippen molar-refractivity contribution in [3.63, 3.8) is 0 Å². The van der Waals surface area contributed by atoms with Crippen molar-refractivity contribution in [3.8, 4) is 11.5 Å². The Morgan fingerprint density at radius 2 is 1.71 bits per heavy atom. The molecule has 11 N–H and O–H groups in total. The molecule has 75 heavy (non-hydrogen) atoms. The number of guanidine groups is 1. The van der Waals surface area contributed by atoms with Gasteiger partial charge >= 0.3 is 0 Å². The zero-order valence-electron chi connectivity index (χ0n) is 45.5. The second-order valence-electron chi connectivity index (χ2n) is 25.2. The van der Waals surface area contributed by atoms with E-state index in [1.807, 2.05) is 46.7 Å². The molecule has 13 atom stereocenters. The first-order valence-electron chi connectivity index (χ1n) is 30.0. The van der Waals surface area contributed by atoms with Gasteiger partial charge < -0.3 is 56.7 Å². The Hall–Kier alpha value is -2.85. The molecule has 3 heterocycles. The van der Waals surface area contributed by atoms with Crippen LogP contribution in [-0.2, 0) is 32.3 Å². The van der Waals surface area contributed by atoms with Crippen LogP contribution >= 0.6 is 21.6 Å². The number of furan rings is 1. The van der Waals surface area contributed by atoms with Gasteiger partial charge in [0.05, 0.1) is 18.8 Å². The molecule has 0 amide bonds. The van der Waals surface area contributed by atoms with Gasteiger partial charge in [0.25, 0.3) is 0 Å². The van der Waals surface area contributed by atoms with E-state index in [4.69, 9.17) is 25.6 Å². The van der Waals surface area contributed by atoms with Crippen LogP contribution in [0.25, 0.3) is 0 Å². The van der Waals surface area contributed by atoms with Crippen LogP contribution in [0.4, 0.5) is 0 Å². The number of aryl methyl sites for hydroxylation is 3. The Kier molecular flexibility index (Phi) is 18.9. The van der Waals surface area contributed by atoms with Crippen molar-refractivity contribution >= 4 is 27.5 Å². The molecule has 2 aromatic heterocycles. The molecule has 10 rings (SSSR count). The average Bonchev–Trinajstić information content (AvgIpc) is 4.26. The molecule has 4 bridgehead atoms. The van der Waals surface area contributed by atoms with Crippen LogP contribution in [0, 0.1) is 52.8 Å². The summed E-state index contributed by atoms with van der Waals surface area (Å²) in [5.41, 5.74) is 19.3. The minimum Gasteiger partial charge on any atom is -0.504 e. The fourth-order valence-electron chi connectivity index (χ4n) is 16.4. The number of phenolic OH excluding ortho intramolecular Hbond substituents is 1. The van der Waals surface area contributed by atoms with Crippen LogP contribution in [0.2, 0.25) is 0 Å². The van der Waals surface area contributed by atoms with Crippen molar-refractivity contribution in [2.24, 2.45) is 69.2 Å². The van der Waals surface area contributed by atoms with Crippen LogP contribution < -0.4 is 26.8 Å². The number of hydrogen-bond donors (Lipinski definition) is 9. The van der Waals surface area contributed by atoms with Gasteiger partial charge in [0.2, 0.25) is 0 Å². The molecular weight excluding hydrogens is 977 g/mol. The molecule has 1 spiro atoms. The predicted molar refractivity (Wildman–Crippen MR) is 305 cm³/mol. The lowest BCUT2D eigenvalue weighted by Crippen LogP contribution is -2.47. The van der Waals surface area contributed by atoms with E-state index < -0.39 is 12.2 Å². The molecule has 416 valence electrons. The van der Waals surface area contributed by atoms with Crippen LogP contribution in [0.1, 0.15) is 187 Å². The average molecular weight is 1070 g/mol. The Balaban J connectivity index is 0.738. The van der Waals surface area contributed by atoms with Crippen molar-refractivity contribution in [3.05, 3.63) is 69.9 Å². The van der Waals surface area contributed by atoms with Gasteiger partial charge in [-0.1, -0.05) is 79.5 Å². The van der Waals surface area contributed by atoms with Crippen LogP contribution in [0.3, 0.4) is 0 Å². The number of aliphatic hydroxyl groups excluding tert-OH is 3. The summed E-state index contributed by atoms with van der Waals surface area (Å²) < 4.78 is 12.8. The van der Waals surface area contributed by atoms with Crippen molar-refractivity contribution in [1.82, 2.24) is 15.6 Å². The maximum absolute atomic E-state index is 11.7. The van der Waals surface area contributed by atoms with E-state index in [2.05, 4.69) is 28.6 Å².